The first-order valence-corrected chi connectivity index (χ1v) is 7.40. The molecule has 2 nitrogen and oxygen atoms in total. The van der Waals surface area contributed by atoms with Crippen LogP contribution >= 0.6 is 0 Å². The predicted octanol–water partition coefficient (Wildman–Crippen LogP) is 3.05. The predicted molar refractivity (Wildman–Crippen MR) is 72.0 cm³/mol. The second-order valence-corrected chi connectivity index (χ2v) is 7.10. The largest absolute Gasteiger partial charge is 0.391 e. The topological polar surface area (TPSA) is 23.5 Å². The highest BCUT2D eigenvalue weighted by molar-refractivity contribution is 4.88. The third-order valence-corrected chi connectivity index (χ3v) is 4.90. The summed E-state index contributed by atoms with van der Waals surface area (Å²) in [5.41, 5.74) is 0.449. The number of hydrogen-bond donors (Lipinski definition) is 1. The molecule has 2 aliphatic rings. The highest BCUT2D eigenvalue weighted by Gasteiger charge is 2.33. The smallest absolute Gasteiger partial charge is 0.0695 e. The zero-order chi connectivity index (χ0) is 12.5. The van der Waals surface area contributed by atoms with Crippen LogP contribution in [0.15, 0.2) is 0 Å². The van der Waals surface area contributed by atoms with Crippen LogP contribution in [-0.4, -0.2) is 35.2 Å². The van der Waals surface area contributed by atoms with E-state index < -0.39 is 0 Å². The quantitative estimate of drug-likeness (QED) is 0.760. The van der Waals surface area contributed by atoms with Crippen LogP contribution in [0.3, 0.4) is 0 Å². The molecule has 1 aliphatic heterocycles. The molecule has 2 rings (SSSR count). The first-order valence-electron chi connectivity index (χ1n) is 7.40. The van der Waals surface area contributed by atoms with Gasteiger partial charge in [-0.3, -0.25) is 4.90 Å². The van der Waals surface area contributed by atoms with E-state index in [0.717, 1.165) is 12.3 Å². The Labute approximate surface area is 106 Å². The summed E-state index contributed by atoms with van der Waals surface area (Å²) in [6, 6.07) is 0.466. The van der Waals surface area contributed by atoms with Crippen molar-refractivity contribution in [2.24, 2.45) is 11.3 Å². The van der Waals surface area contributed by atoms with Crippen molar-refractivity contribution < 1.29 is 5.11 Å². The Morgan fingerprint density at radius 2 is 1.71 bits per heavy atom. The van der Waals surface area contributed by atoms with Crippen LogP contribution in [-0.2, 0) is 0 Å². The average Bonchev–Trinajstić information content (AvgIpc) is 2.53. The number of nitrogens with zero attached hydrogens (tertiary/aromatic N) is 1. The number of rotatable bonds is 1. The Morgan fingerprint density at radius 1 is 0.941 bits per heavy atom. The maximum Gasteiger partial charge on any atom is 0.0695 e. The van der Waals surface area contributed by atoms with Crippen LogP contribution < -0.4 is 0 Å². The van der Waals surface area contributed by atoms with Crippen molar-refractivity contribution in [1.82, 2.24) is 4.90 Å². The first kappa shape index (κ1) is 13.4. The van der Waals surface area contributed by atoms with E-state index in [1.807, 2.05) is 0 Å². The minimum absolute atomic E-state index is 0.0545. The van der Waals surface area contributed by atoms with Crippen molar-refractivity contribution in [3.05, 3.63) is 0 Å². The summed E-state index contributed by atoms with van der Waals surface area (Å²) in [5, 5.41) is 10.0. The number of hydrogen-bond acceptors (Lipinski definition) is 2. The molecular weight excluding hydrogens is 210 g/mol. The number of aliphatic hydroxyl groups excluding tert-OH is 1. The summed E-state index contributed by atoms with van der Waals surface area (Å²) in [6.45, 7) is 9.52. The minimum Gasteiger partial charge on any atom is -0.391 e. The van der Waals surface area contributed by atoms with Crippen LogP contribution in [0.1, 0.15) is 59.3 Å². The third-order valence-electron chi connectivity index (χ3n) is 4.90. The molecule has 0 spiro atoms. The van der Waals surface area contributed by atoms with Crippen molar-refractivity contribution in [2.75, 3.05) is 13.1 Å². The van der Waals surface area contributed by atoms with Gasteiger partial charge in [-0.15, -0.1) is 0 Å². The zero-order valence-electron chi connectivity index (χ0n) is 11.8. The van der Waals surface area contributed by atoms with Crippen molar-refractivity contribution in [3.63, 3.8) is 0 Å². The van der Waals surface area contributed by atoms with Gasteiger partial charge >= 0.3 is 0 Å². The summed E-state index contributed by atoms with van der Waals surface area (Å²) < 4.78 is 0. The zero-order valence-corrected chi connectivity index (χ0v) is 11.8. The summed E-state index contributed by atoms with van der Waals surface area (Å²) in [5.74, 6) is 0.853. The van der Waals surface area contributed by atoms with Crippen molar-refractivity contribution in [3.8, 4) is 0 Å². The first-order chi connectivity index (χ1) is 7.98. The molecule has 1 aliphatic carbocycles. The van der Waals surface area contributed by atoms with E-state index in [-0.39, 0.29) is 6.10 Å². The van der Waals surface area contributed by atoms with Crippen molar-refractivity contribution >= 4 is 0 Å². The fourth-order valence-electron chi connectivity index (χ4n) is 3.66. The highest BCUT2D eigenvalue weighted by Crippen LogP contribution is 2.35. The molecule has 3 atom stereocenters. The van der Waals surface area contributed by atoms with E-state index in [0.29, 0.717) is 11.5 Å². The summed E-state index contributed by atoms with van der Waals surface area (Å²) in [4.78, 5) is 2.57. The van der Waals surface area contributed by atoms with Gasteiger partial charge in [0.25, 0.3) is 0 Å². The molecule has 1 heterocycles. The van der Waals surface area contributed by atoms with E-state index in [2.05, 4.69) is 25.7 Å². The van der Waals surface area contributed by atoms with Gasteiger partial charge in [0.2, 0.25) is 0 Å². The normalized spacial score (nSPS) is 37.1. The summed E-state index contributed by atoms with van der Waals surface area (Å²) in [7, 11) is 0. The highest BCUT2D eigenvalue weighted by atomic mass is 16.3. The van der Waals surface area contributed by atoms with Gasteiger partial charge in [0, 0.05) is 6.04 Å². The lowest BCUT2D eigenvalue weighted by molar-refractivity contribution is 0.0707. The lowest BCUT2D eigenvalue weighted by Gasteiger charge is -2.32. The maximum absolute atomic E-state index is 10.0. The van der Waals surface area contributed by atoms with Gasteiger partial charge in [-0.1, -0.05) is 20.8 Å². The van der Waals surface area contributed by atoms with Crippen molar-refractivity contribution in [1.29, 1.82) is 0 Å². The average molecular weight is 239 g/mol. The molecule has 1 N–H and O–H groups in total. The molecular formula is C15H29NO. The van der Waals surface area contributed by atoms with Gasteiger partial charge < -0.3 is 5.11 Å². The summed E-state index contributed by atoms with van der Waals surface area (Å²) in [6.07, 6.45) is 7.37. The Hall–Kier alpha value is -0.0800. The van der Waals surface area contributed by atoms with Gasteiger partial charge in [0.1, 0.15) is 0 Å². The van der Waals surface area contributed by atoms with Gasteiger partial charge in [-0.2, -0.15) is 0 Å². The SMILES string of the molecule is CC(C)(C)C1CCCN([C@@H]2CCC[C@H]2O)CC1. The molecule has 100 valence electrons. The molecule has 0 bridgehead atoms. The second-order valence-electron chi connectivity index (χ2n) is 7.10. The van der Waals surface area contributed by atoms with Gasteiger partial charge in [0.15, 0.2) is 0 Å². The molecule has 1 saturated carbocycles. The van der Waals surface area contributed by atoms with Crippen LogP contribution in [0.5, 0.6) is 0 Å². The van der Waals surface area contributed by atoms with Crippen molar-refractivity contribution in [2.45, 2.75) is 71.4 Å². The summed E-state index contributed by atoms with van der Waals surface area (Å²) >= 11 is 0. The fourth-order valence-corrected chi connectivity index (χ4v) is 3.66. The number of likely N-dealkylation sites (tertiary alicyclic amines) is 1. The third kappa shape index (κ3) is 3.23. The lowest BCUT2D eigenvalue weighted by Crippen LogP contribution is -2.41. The molecule has 0 aromatic rings. The molecule has 1 unspecified atom stereocenters. The standard InChI is InChI=1S/C15H29NO/c1-15(2,3)12-6-5-10-16(11-9-12)13-7-4-8-14(13)17/h12-14,17H,4-11H2,1-3H3/t12?,13-,14-/m1/s1. The maximum atomic E-state index is 10.0. The van der Waals surface area contributed by atoms with Gasteiger partial charge in [-0.05, 0) is 62.9 Å². The van der Waals surface area contributed by atoms with Crippen LogP contribution in [0.25, 0.3) is 0 Å². The second kappa shape index (κ2) is 5.27. The molecule has 17 heavy (non-hydrogen) atoms. The van der Waals surface area contributed by atoms with Crippen LogP contribution in [0, 0.1) is 11.3 Å². The molecule has 0 radical (unpaired) electrons. The Bertz CT molecular complexity index is 246. The van der Waals surface area contributed by atoms with E-state index in [1.165, 1.54) is 45.2 Å². The molecule has 2 heteroatoms. The molecule has 0 amide bonds. The van der Waals surface area contributed by atoms with E-state index in [1.54, 1.807) is 0 Å². The molecule has 1 saturated heterocycles. The monoisotopic (exact) mass is 239 g/mol. The van der Waals surface area contributed by atoms with Gasteiger partial charge in [0.05, 0.1) is 6.10 Å². The molecule has 0 aromatic carbocycles. The van der Waals surface area contributed by atoms with Gasteiger partial charge in [-0.25, -0.2) is 0 Å². The Balaban J connectivity index is 1.91. The van der Waals surface area contributed by atoms with E-state index in [4.69, 9.17) is 0 Å². The fraction of sp³-hybridized carbons (Fsp3) is 1.00. The molecule has 2 fully saturated rings. The van der Waals surface area contributed by atoms with Crippen LogP contribution in [0.2, 0.25) is 0 Å². The van der Waals surface area contributed by atoms with E-state index in [9.17, 15) is 5.11 Å². The molecule has 0 aromatic heterocycles. The van der Waals surface area contributed by atoms with Crippen LogP contribution in [0.4, 0.5) is 0 Å². The Kier molecular flexibility index (Phi) is 4.14. The van der Waals surface area contributed by atoms with E-state index >= 15 is 0 Å². The number of aliphatic hydroxyl groups is 1. The minimum atomic E-state index is -0.0545. The lowest BCUT2D eigenvalue weighted by atomic mass is 9.77. The Morgan fingerprint density at radius 3 is 2.29 bits per heavy atom.